The minimum atomic E-state index is -0.155. The predicted molar refractivity (Wildman–Crippen MR) is 117 cm³/mol. The van der Waals surface area contributed by atoms with Gasteiger partial charge in [0.15, 0.2) is 5.76 Å². The van der Waals surface area contributed by atoms with E-state index in [-0.39, 0.29) is 11.8 Å². The van der Waals surface area contributed by atoms with Crippen molar-refractivity contribution in [3.8, 4) is 22.6 Å². The summed E-state index contributed by atoms with van der Waals surface area (Å²) in [5, 5.41) is 6.90. The van der Waals surface area contributed by atoms with Gasteiger partial charge in [-0.2, -0.15) is 0 Å². The molecule has 0 unspecified atom stereocenters. The lowest BCUT2D eigenvalue weighted by molar-refractivity contribution is 0.0950. The molecule has 0 fully saturated rings. The van der Waals surface area contributed by atoms with E-state index in [4.69, 9.17) is 9.51 Å². The number of rotatable bonds is 6. The van der Waals surface area contributed by atoms with Gasteiger partial charge in [0.2, 0.25) is 0 Å². The van der Waals surface area contributed by atoms with Crippen molar-refractivity contribution in [2.45, 2.75) is 33.2 Å². The van der Waals surface area contributed by atoms with Crippen LogP contribution in [-0.2, 0) is 6.54 Å². The van der Waals surface area contributed by atoms with Crippen LogP contribution >= 0.6 is 0 Å². The molecule has 31 heavy (non-hydrogen) atoms. The lowest BCUT2D eigenvalue weighted by Crippen LogP contribution is -2.22. The van der Waals surface area contributed by atoms with Gasteiger partial charge in [0.1, 0.15) is 5.82 Å². The van der Waals surface area contributed by atoms with E-state index in [1.54, 1.807) is 30.7 Å². The number of aromatic nitrogens is 4. The Bertz CT molecular complexity index is 1180. The molecule has 1 N–H and O–H groups in total. The Hall–Kier alpha value is -3.87. The summed E-state index contributed by atoms with van der Waals surface area (Å²) in [4.78, 5) is 25.5. The van der Waals surface area contributed by atoms with E-state index in [0.717, 1.165) is 33.9 Å². The Morgan fingerprint density at radius 1 is 1.13 bits per heavy atom. The van der Waals surface area contributed by atoms with E-state index in [9.17, 15) is 4.79 Å². The minimum Gasteiger partial charge on any atom is -0.356 e. The molecule has 7 nitrogen and oxygen atoms in total. The van der Waals surface area contributed by atoms with Crippen LogP contribution < -0.4 is 5.32 Å². The number of carbonyl (C=O) groups is 1. The van der Waals surface area contributed by atoms with Crippen LogP contribution in [0.2, 0.25) is 0 Å². The van der Waals surface area contributed by atoms with Crippen molar-refractivity contribution in [2.24, 2.45) is 0 Å². The number of nitrogens with zero attached hydrogens (tertiary/aromatic N) is 4. The zero-order valence-electron chi connectivity index (χ0n) is 17.7. The molecule has 0 spiro atoms. The summed E-state index contributed by atoms with van der Waals surface area (Å²) < 4.78 is 5.46. The zero-order valence-corrected chi connectivity index (χ0v) is 17.7. The Morgan fingerprint density at radius 2 is 1.94 bits per heavy atom. The van der Waals surface area contributed by atoms with Crippen LogP contribution in [0, 0.1) is 6.92 Å². The van der Waals surface area contributed by atoms with Crippen LogP contribution in [0.1, 0.15) is 47.2 Å². The van der Waals surface area contributed by atoms with Gasteiger partial charge in [-0.3, -0.25) is 9.78 Å². The van der Waals surface area contributed by atoms with Crippen molar-refractivity contribution in [1.82, 2.24) is 25.4 Å². The lowest BCUT2D eigenvalue weighted by atomic mass is 10.0. The molecule has 156 valence electrons. The summed E-state index contributed by atoms with van der Waals surface area (Å²) in [5.74, 6) is 1.45. The van der Waals surface area contributed by atoms with Gasteiger partial charge in [-0.25, -0.2) is 9.97 Å². The molecule has 1 amide bonds. The monoisotopic (exact) mass is 413 g/mol. The van der Waals surface area contributed by atoms with E-state index < -0.39 is 0 Å². The topological polar surface area (TPSA) is 93.8 Å². The smallest absolute Gasteiger partial charge is 0.253 e. The average molecular weight is 413 g/mol. The number of amides is 1. The van der Waals surface area contributed by atoms with Gasteiger partial charge in [0.25, 0.3) is 5.91 Å². The van der Waals surface area contributed by atoms with Gasteiger partial charge in [-0.15, -0.1) is 0 Å². The highest BCUT2D eigenvalue weighted by Crippen LogP contribution is 2.31. The third-order valence-electron chi connectivity index (χ3n) is 4.82. The lowest BCUT2D eigenvalue weighted by Gasteiger charge is -2.11. The van der Waals surface area contributed by atoms with E-state index in [1.165, 1.54) is 0 Å². The van der Waals surface area contributed by atoms with Crippen molar-refractivity contribution in [3.05, 3.63) is 83.7 Å². The standard InChI is InChI=1S/C24H23N5O2/c1-15(2)23-26-14-20(21-11-16(3)29-31-21)22(28-23)18-8-6-17(7-9-18)12-27-24(30)19-5-4-10-25-13-19/h4-11,13-15H,12H2,1-3H3,(H,27,30). The average Bonchev–Trinajstić information content (AvgIpc) is 3.24. The second-order valence-electron chi connectivity index (χ2n) is 7.60. The molecule has 0 atom stereocenters. The maximum atomic E-state index is 12.2. The number of pyridine rings is 1. The highest BCUT2D eigenvalue weighted by Gasteiger charge is 2.16. The molecule has 4 aromatic rings. The molecule has 0 radical (unpaired) electrons. The first-order valence-corrected chi connectivity index (χ1v) is 10.1. The summed E-state index contributed by atoms with van der Waals surface area (Å²) >= 11 is 0. The number of benzene rings is 1. The van der Waals surface area contributed by atoms with Crippen molar-refractivity contribution in [1.29, 1.82) is 0 Å². The molecule has 0 aliphatic carbocycles. The summed E-state index contributed by atoms with van der Waals surface area (Å²) in [7, 11) is 0. The second-order valence-corrected chi connectivity index (χ2v) is 7.60. The number of carbonyl (C=O) groups excluding carboxylic acids is 1. The van der Waals surface area contributed by atoms with Crippen LogP contribution in [0.5, 0.6) is 0 Å². The quantitative estimate of drug-likeness (QED) is 0.498. The fourth-order valence-corrected chi connectivity index (χ4v) is 3.13. The molecule has 1 aromatic carbocycles. The Balaban J connectivity index is 1.58. The molecule has 0 saturated heterocycles. The molecule has 0 aliphatic rings. The third-order valence-corrected chi connectivity index (χ3v) is 4.82. The summed E-state index contributed by atoms with van der Waals surface area (Å²) in [6, 6.07) is 13.3. The molecule has 0 bridgehead atoms. The first kappa shape index (κ1) is 20.4. The number of hydrogen-bond donors (Lipinski definition) is 1. The van der Waals surface area contributed by atoms with Crippen molar-refractivity contribution in [3.63, 3.8) is 0 Å². The Kier molecular flexibility index (Phi) is 5.84. The summed E-state index contributed by atoms with van der Waals surface area (Å²) in [5.41, 5.74) is 4.84. The molecule has 0 aliphatic heterocycles. The van der Waals surface area contributed by atoms with Crippen LogP contribution in [0.4, 0.5) is 0 Å². The predicted octanol–water partition coefficient (Wildman–Crippen LogP) is 4.56. The number of aryl methyl sites for hydroxylation is 1. The van der Waals surface area contributed by atoms with Crippen LogP contribution in [-0.4, -0.2) is 26.0 Å². The maximum Gasteiger partial charge on any atom is 0.253 e. The van der Waals surface area contributed by atoms with E-state index in [2.05, 4.69) is 34.3 Å². The maximum absolute atomic E-state index is 12.2. The SMILES string of the molecule is Cc1cc(-c2cnc(C(C)C)nc2-c2ccc(CNC(=O)c3cccnc3)cc2)on1. The fourth-order valence-electron chi connectivity index (χ4n) is 3.13. The number of hydrogen-bond acceptors (Lipinski definition) is 6. The molecule has 0 saturated carbocycles. The highest BCUT2D eigenvalue weighted by molar-refractivity contribution is 5.93. The van der Waals surface area contributed by atoms with Gasteiger partial charge >= 0.3 is 0 Å². The molecular weight excluding hydrogens is 390 g/mol. The van der Waals surface area contributed by atoms with Gasteiger partial charge < -0.3 is 9.84 Å². The largest absolute Gasteiger partial charge is 0.356 e. The molecule has 7 heteroatoms. The van der Waals surface area contributed by atoms with Crippen molar-refractivity contribution >= 4 is 5.91 Å². The van der Waals surface area contributed by atoms with Crippen LogP contribution in [0.15, 0.2) is 65.6 Å². The number of nitrogens with one attached hydrogen (secondary N) is 1. The van der Waals surface area contributed by atoms with Crippen LogP contribution in [0.25, 0.3) is 22.6 Å². The first-order valence-electron chi connectivity index (χ1n) is 10.1. The van der Waals surface area contributed by atoms with Gasteiger partial charge in [0.05, 0.1) is 22.5 Å². The third kappa shape index (κ3) is 4.66. The van der Waals surface area contributed by atoms with Gasteiger partial charge in [0, 0.05) is 42.7 Å². The minimum absolute atomic E-state index is 0.155. The molecule has 3 aromatic heterocycles. The van der Waals surface area contributed by atoms with E-state index in [1.807, 2.05) is 37.3 Å². The molecular formula is C24H23N5O2. The Morgan fingerprint density at radius 3 is 2.58 bits per heavy atom. The van der Waals surface area contributed by atoms with Crippen molar-refractivity contribution < 1.29 is 9.32 Å². The van der Waals surface area contributed by atoms with Gasteiger partial charge in [-0.1, -0.05) is 43.3 Å². The summed E-state index contributed by atoms with van der Waals surface area (Å²) in [6.07, 6.45) is 4.98. The highest BCUT2D eigenvalue weighted by atomic mass is 16.5. The molecule has 3 heterocycles. The Labute approximate surface area is 180 Å². The first-order chi connectivity index (χ1) is 15.0. The van der Waals surface area contributed by atoms with Gasteiger partial charge in [-0.05, 0) is 24.6 Å². The fraction of sp³-hybridized carbons (Fsp3) is 0.208. The normalized spacial score (nSPS) is 11.0. The summed E-state index contributed by atoms with van der Waals surface area (Å²) in [6.45, 7) is 6.42. The second kappa shape index (κ2) is 8.87. The van der Waals surface area contributed by atoms with E-state index in [0.29, 0.717) is 17.9 Å². The van der Waals surface area contributed by atoms with Crippen molar-refractivity contribution in [2.75, 3.05) is 0 Å². The van der Waals surface area contributed by atoms with E-state index >= 15 is 0 Å². The van der Waals surface area contributed by atoms with Crippen LogP contribution in [0.3, 0.4) is 0 Å². The zero-order chi connectivity index (χ0) is 21.8. The molecule has 4 rings (SSSR count).